The van der Waals surface area contributed by atoms with Crippen molar-refractivity contribution in [3.05, 3.63) is 131 Å². The molecule has 4 atom stereocenters. The SMILES string of the molecule is Cc1ccc(OC(CC(N)OC(=O)C(=O)OC(N)CC(Oc2ccccc2C)c2ccccc2)c2ccccc2)cc1. The van der Waals surface area contributed by atoms with Gasteiger partial charge in [-0.2, -0.15) is 0 Å². The zero-order chi connectivity index (χ0) is 29.9. The molecule has 0 amide bonds. The number of hydrogen-bond acceptors (Lipinski definition) is 8. The van der Waals surface area contributed by atoms with E-state index in [4.69, 9.17) is 30.4 Å². The summed E-state index contributed by atoms with van der Waals surface area (Å²) in [7, 11) is 0. The van der Waals surface area contributed by atoms with Crippen molar-refractivity contribution >= 4 is 11.9 Å². The summed E-state index contributed by atoms with van der Waals surface area (Å²) >= 11 is 0. The molecule has 0 heterocycles. The Morgan fingerprint density at radius 1 is 0.595 bits per heavy atom. The molecule has 0 bridgehead atoms. The van der Waals surface area contributed by atoms with Gasteiger partial charge in [0.25, 0.3) is 0 Å². The number of carbonyl (C=O) groups is 2. The second-order valence-corrected chi connectivity index (χ2v) is 9.97. The summed E-state index contributed by atoms with van der Waals surface area (Å²) < 4.78 is 22.8. The Kier molecular flexibility index (Phi) is 10.7. The van der Waals surface area contributed by atoms with E-state index < -0.39 is 36.6 Å². The fourth-order valence-corrected chi connectivity index (χ4v) is 4.35. The lowest BCUT2D eigenvalue weighted by atomic mass is 10.1. The molecule has 8 nitrogen and oxygen atoms in total. The maximum Gasteiger partial charge on any atom is 0.419 e. The molecule has 4 N–H and O–H groups in total. The van der Waals surface area contributed by atoms with Crippen molar-refractivity contribution in [3.8, 4) is 11.5 Å². The number of ether oxygens (including phenoxy) is 4. The van der Waals surface area contributed by atoms with E-state index >= 15 is 0 Å². The summed E-state index contributed by atoms with van der Waals surface area (Å²) in [5, 5.41) is 0. The van der Waals surface area contributed by atoms with Gasteiger partial charge in [-0.1, -0.05) is 96.6 Å². The fraction of sp³-hybridized carbons (Fsp3) is 0.235. The lowest BCUT2D eigenvalue weighted by Crippen LogP contribution is -2.37. The van der Waals surface area contributed by atoms with Crippen LogP contribution in [-0.2, 0) is 19.1 Å². The van der Waals surface area contributed by atoms with Crippen LogP contribution in [0.15, 0.2) is 109 Å². The van der Waals surface area contributed by atoms with Gasteiger partial charge in [-0.05, 0) is 48.7 Å². The highest BCUT2D eigenvalue weighted by atomic mass is 16.6. The average molecular weight is 569 g/mol. The first-order chi connectivity index (χ1) is 20.3. The van der Waals surface area contributed by atoms with Crippen molar-refractivity contribution in [2.24, 2.45) is 11.5 Å². The quantitative estimate of drug-likeness (QED) is 0.127. The van der Waals surface area contributed by atoms with Crippen molar-refractivity contribution in [1.29, 1.82) is 0 Å². The van der Waals surface area contributed by atoms with Gasteiger partial charge in [-0.25, -0.2) is 9.59 Å². The number of carbonyl (C=O) groups excluding carboxylic acids is 2. The van der Waals surface area contributed by atoms with Gasteiger partial charge >= 0.3 is 11.9 Å². The molecule has 4 aromatic carbocycles. The van der Waals surface area contributed by atoms with Crippen molar-refractivity contribution < 1.29 is 28.5 Å². The molecule has 0 aliphatic heterocycles. The number of esters is 2. The smallest absolute Gasteiger partial charge is 0.419 e. The Balaban J connectivity index is 1.36. The molecule has 0 aliphatic rings. The molecule has 0 saturated heterocycles. The van der Waals surface area contributed by atoms with Crippen LogP contribution in [0, 0.1) is 13.8 Å². The van der Waals surface area contributed by atoms with Gasteiger partial charge in [0.1, 0.15) is 23.7 Å². The number of nitrogens with two attached hydrogens (primary N) is 2. The van der Waals surface area contributed by atoms with Crippen molar-refractivity contribution in [3.63, 3.8) is 0 Å². The predicted octanol–water partition coefficient (Wildman–Crippen LogP) is 5.68. The van der Waals surface area contributed by atoms with Gasteiger partial charge in [-0.3, -0.25) is 11.5 Å². The van der Waals surface area contributed by atoms with Gasteiger partial charge in [0.2, 0.25) is 0 Å². The van der Waals surface area contributed by atoms with Crippen LogP contribution in [0.5, 0.6) is 11.5 Å². The minimum absolute atomic E-state index is 0.101. The highest BCUT2D eigenvalue weighted by Gasteiger charge is 2.28. The van der Waals surface area contributed by atoms with Crippen LogP contribution >= 0.6 is 0 Å². The normalized spacial score (nSPS) is 13.7. The fourth-order valence-electron chi connectivity index (χ4n) is 4.35. The molecule has 4 unspecified atom stereocenters. The van der Waals surface area contributed by atoms with Crippen LogP contribution in [0.4, 0.5) is 0 Å². The predicted molar refractivity (Wildman–Crippen MR) is 159 cm³/mol. The third-order valence-electron chi connectivity index (χ3n) is 6.58. The lowest BCUT2D eigenvalue weighted by molar-refractivity contribution is -0.175. The Labute approximate surface area is 246 Å². The van der Waals surface area contributed by atoms with E-state index in [-0.39, 0.29) is 12.8 Å². The standard InChI is InChI=1S/C34H36N2O6/c1-23-17-19-27(20-18-23)39-29(25-12-5-3-6-13-25)21-31(35)41-33(37)34(38)42-32(36)22-30(26-14-7-4-8-15-26)40-28-16-10-9-11-24(28)2/h3-20,29-32H,21-22,35-36H2,1-2H3. The third kappa shape index (κ3) is 8.92. The van der Waals surface area contributed by atoms with Crippen LogP contribution in [0.25, 0.3) is 0 Å². The highest BCUT2D eigenvalue weighted by Crippen LogP contribution is 2.29. The van der Waals surface area contributed by atoms with Crippen LogP contribution in [-0.4, -0.2) is 24.4 Å². The first-order valence-corrected chi connectivity index (χ1v) is 13.8. The Morgan fingerprint density at radius 3 is 1.55 bits per heavy atom. The molecule has 42 heavy (non-hydrogen) atoms. The Bertz CT molecular complexity index is 1430. The molecule has 0 spiro atoms. The highest BCUT2D eigenvalue weighted by molar-refractivity contribution is 6.29. The van der Waals surface area contributed by atoms with Crippen LogP contribution < -0.4 is 20.9 Å². The zero-order valence-electron chi connectivity index (χ0n) is 23.7. The number of aryl methyl sites for hydroxylation is 2. The Morgan fingerprint density at radius 2 is 1.05 bits per heavy atom. The van der Waals surface area contributed by atoms with Crippen molar-refractivity contribution in [1.82, 2.24) is 0 Å². The summed E-state index contributed by atoms with van der Waals surface area (Å²) in [6, 6.07) is 34.0. The number of rotatable bonds is 12. The molecule has 0 aliphatic carbocycles. The summed E-state index contributed by atoms with van der Waals surface area (Å²) in [6.07, 6.45) is -3.14. The van der Waals surface area contributed by atoms with Gasteiger partial charge in [0.15, 0.2) is 12.5 Å². The largest absolute Gasteiger partial charge is 0.486 e. The number of hydrogen-bond donors (Lipinski definition) is 2. The molecule has 0 saturated carbocycles. The molecule has 0 radical (unpaired) electrons. The molecule has 0 fully saturated rings. The van der Waals surface area contributed by atoms with Crippen LogP contribution in [0.1, 0.15) is 47.3 Å². The van der Waals surface area contributed by atoms with E-state index in [1.807, 2.05) is 123 Å². The van der Waals surface area contributed by atoms with Crippen LogP contribution in [0.3, 0.4) is 0 Å². The molecule has 8 heteroatoms. The molecule has 4 aromatic rings. The monoisotopic (exact) mass is 568 g/mol. The maximum atomic E-state index is 12.6. The summed E-state index contributed by atoms with van der Waals surface area (Å²) in [5.74, 6) is -1.16. The zero-order valence-corrected chi connectivity index (χ0v) is 23.7. The first kappa shape index (κ1) is 30.3. The van der Waals surface area contributed by atoms with E-state index in [9.17, 15) is 9.59 Å². The molecule has 0 aromatic heterocycles. The average Bonchev–Trinajstić information content (AvgIpc) is 2.99. The van der Waals surface area contributed by atoms with Gasteiger partial charge in [-0.15, -0.1) is 0 Å². The van der Waals surface area contributed by atoms with E-state index in [0.717, 1.165) is 22.3 Å². The lowest BCUT2D eigenvalue weighted by Gasteiger charge is -2.24. The van der Waals surface area contributed by atoms with Crippen molar-refractivity contribution in [2.45, 2.75) is 51.4 Å². The first-order valence-electron chi connectivity index (χ1n) is 13.8. The van der Waals surface area contributed by atoms with Crippen LogP contribution in [0.2, 0.25) is 0 Å². The molecule has 218 valence electrons. The summed E-state index contributed by atoms with van der Waals surface area (Å²) in [5.41, 5.74) is 16.0. The van der Waals surface area contributed by atoms with E-state index in [1.165, 1.54) is 0 Å². The van der Waals surface area contributed by atoms with Gasteiger partial charge in [0, 0.05) is 12.8 Å². The second kappa shape index (κ2) is 14.8. The van der Waals surface area contributed by atoms with E-state index in [0.29, 0.717) is 11.5 Å². The molecular weight excluding hydrogens is 532 g/mol. The van der Waals surface area contributed by atoms with Gasteiger partial charge in [0.05, 0.1) is 0 Å². The van der Waals surface area contributed by atoms with Crippen molar-refractivity contribution in [2.75, 3.05) is 0 Å². The topological polar surface area (TPSA) is 123 Å². The minimum Gasteiger partial charge on any atom is -0.486 e. The van der Waals surface area contributed by atoms with E-state index in [1.54, 1.807) is 0 Å². The summed E-state index contributed by atoms with van der Waals surface area (Å²) in [6.45, 7) is 3.92. The molecule has 4 rings (SSSR count). The minimum atomic E-state index is -1.24. The number of para-hydroxylation sites is 1. The maximum absolute atomic E-state index is 12.6. The molecular formula is C34H36N2O6. The van der Waals surface area contributed by atoms with Gasteiger partial charge < -0.3 is 18.9 Å². The number of benzene rings is 4. The Hall–Kier alpha value is -4.66. The van der Waals surface area contributed by atoms with E-state index in [2.05, 4.69) is 0 Å². The third-order valence-corrected chi connectivity index (χ3v) is 6.58. The second-order valence-electron chi connectivity index (χ2n) is 9.97. The summed E-state index contributed by atoms with van der Waals surface area (Å²) in [4.78, 5) is 25.2.